The van der Waals surface area contributed by atoms with Crippen molar-refractivity contribution in [1.82, 2.24) is 4.90 Å². The summed E-state index contributed by atoms with van der Waals surface area (Å²) in [5.41, 5.74) is 2.26. The van der Waals surface area contributed by atoms with Crippen LogP contribution in [0.5, 0.6) is 11.5 Å². The zero-order chi connectivity index (χ0) is 19.5. The van der Waals surface area contributed by atoms with Crippen molar-refractivity contribution in [2.24, 2.45) is 0 Å². The van der Waals surface area contributed by atoms with Crippen LogP contribution in [0.2, 0.25) is 5.02 Å². The van der Waals surface area contributed by atoms with Gasteiger partial charge < -0.3 is 24.6 Å². The molecule has 1 N–H and O–H groups in total. The first-order valence-electron chi connectivity index (χ1n) is 9.54. The molecule has 6 nitrogen and oxygen atoms in total. The Kier molecular flexibility index (Phi) is 5.59. The number of halogens is 1. The summed E-state index contributed by atoms with van der Waals surface area (Å²) in [6.07, 6.45) is 0.799. The standard InChI is InChI=1S/C21H24ClN3O3/c1-24-7-9-25(10-8-24)16-5-3-15(4-6-16)23-21(26)17-13-19-20(14-18(17)22)28-12-2-11-27-19/h3-6,13-14H,2,7-12H2,1H3,(H,23,26). The Morgan fingerprint density at radius 1 is 1.00 bits per heavy atom. The van der Waals surface area contributed by atoms with Gasteiger partial charge >= 0.3 is 0 Å². The van der Waals surface area contributed by atoms with Crippen LogP contribution in [0.1, 0.15) is 16.8 Å². The SMILES string of the molecule is CN1CCN(c2ccc(NC(=O)c3cc4c(cc3Cl)OCCCO4)cc2)CC1. The molecule has 2 aromatic carbocycles. The molecule has 0 atom stereocenters. The van der Waals surface area contributed by atoms with Gasteiger partial charge in [-0.3, -0.25) is 4.79 Å². The predicted octanol–water partition coefficient (Wildman–Crippen LogP) is 3.51. The van der Waals surface area contributed by atoms with Gasteiger partial charge in [0.15, 0.2) is 11.5 Å². The lowest BCUT2D eigenvalue weighted by atomic mass is 10.1. The van der Waals surface area contributed by atoms with Gasteiger partial charge in [-0.2, -0.15) is 0 Å². The summed E-state index contributed by atoms with van der Waals surface area (Å²) in [6, 6.07) is 11.2. The number of nitrogens with zero attached hydrogens (tertiary/aromatic N) is 2. The monoisotopic (exact) mass is 401 g/mol. The summed E-state index contributed by atoms with van der Waals surface area (Å²) >= 11 is 6.31. The first-order chi connectivity index (χ1) is 13.6. The van der Waals surface area contributed by atoms with Crippen LogP contribution in [-0.4, -0.2) is 57.2 Å². The minimum atomic E-state index is -0.270. The normalized spacial score (nSPS) is 17.1. The minimum Gasteiger partial charge on any atom is -0.490 e. The second-order valence-corrected chi connectivity index (χ2v) is 7.53. The number of benzene rings is 2. The van der Waals surface area contributed by atoms with Gasteiger partial charge in [0, 0.05) is 50.0 Å². The fourth-order valence-electron chi connectivity index (χ4n) is 3.38. The number of piperazine rings is 1. The van der Waals surface area contributed by atoms with E-state index in [4.69, 9.17) is 21.1 Å². The zero-order valence-corrected chi connectivity index (χ0v) is 16.7. The number of anilines is 2. The number of hydrogen-bond donors (Lipinski definition) is 1. The Balaban J connectivity index is 1.46. The average molecular weight is 402 g/mol. The summed E-state index contributed by atoms with van der Waals surface area (Å²) in [5.74, 6) is 0.862. The van der Waals surface area contributed by atoms with Crippen molar-refractivity contribution < 1.29 is 14.3 Å². The quantitative estimate of drug-likeness (QED) is 0.853. The summed E-state index contributed by atoms with van der Waals surface area (Å²) in [5, 5.41) is 3.26. The van der Waals surface area contributed by atoms with E-state index in [0.717, 1.165) is 38.3 Å². The summed E-state index contributed by atoms with van der Waals surface area (Å²) in [7, 11) is 2.14. The molecule has 1 saturated heterocycles. The van der Waals surface area contributed by atoms with E-state index in [1.165, 1.54) is 5.69 Å². The van der Waals surface area contributed by atoms with Crippen LogP contribution in [0.15, 0.2) is 36.4 Å². The first-order valence-corrected chi connectivity index (χ1v) is 9.92. The van der Waals surface area contributed by atoms with E-state index < -0.39 is 0 Å². The molecule has 0 bridgehead atoms. The second-order valence-electron chi connectivity index (χ2n) is 7.12. The van der Waals surface area contributed by atoms with Crippen molar-refractivity contribution in [2.75, 3.05) is 56.7 Å². The summed E-state index contributed by atoms with van der Waals surface area (Å²) in [6.45, 7) is 5.27. The Hall–Kier alpha value is -2.44. The van der Waals surface area contributed by atoms with E-state index in [0.29, 0.717) is 35.3 Å². The largest absolute Gasteiger partial charge is 0.490 e. The van der Waals surface area contributed by atoms with E-state index in [2.05, 4.69) is 22.2 Å². The number of carbonyl (C=O) groups excluding carboxylic acids is 1. The van der Waals surface area contributed by atoms with Gasteiger partial charge in [-0.05, 0) is 37.4 Å². The molecule has 2 aliphatic heterocycles. The summed E-state index contributed by atoms with van der Waals surface area (Å²) in [4.78, 5) is 17.4. The van der Waals surface area contributed by atoms with Crippen molar-refractivity contribution in [2.45, 2.75) is 6.42 Å². The fraction of sp³-hybridized carbons (Fsp3) is 0.381. The van der Waals surface area contributed by atoms with Gasteiger partial charge in [-0.25, -0.2) is 0 Å². The Bertz CT molecular complexity index is 849. The lowest BCUT2D eigenvalue weighted by Gasteiger charge is -2.34. The number of fused-ring (bicyclic) bond motifs is 1. The highest BCUT2D eigenvalue weighted by molar-refractivity contribution is 6.34. The molecule has 0 aromatic heterocycles. The smallest absolute Gasteiger partial charge is 0.257 e. The van der Waals surface area contributed by atoms with Crippen molar-refractivity contribution in [3.63, 3.8) is 0 Å². The highest BCUT2D eigenvalue weighted by atomic mass is 35.5. The molecule has 0 saturated carbocycles. The van der Waals surface area contributed by atoms with Crippen LogP contribution in [0.3, 0.4) is 0 Å². The molecule has 7 heteroatoms. The number of likely N-dealkylation sites (N-methyl/N-ethyl adjacent to an activating group) is 1. The number of nitrogens with one attached hydrogen (secondary N) is 1. The lowest BCUT2D eigenvalue weighted by Crippen LogP contribution is -2.44. The van der Waals surface area contributed by atoms with Crippen molar-refractivity contribution in [1.29, 1.82) is 0 Å². The molecule has 1 amide bonds. The van der Waals surface area contributed by atoms with E-state index in [9.17, 15) is 4.79 Å². The highest BCUT2D eigenvalue weighted by Gasteiger charge is 2.19. The van der Waals surface area contributed by atoms with Gasteiger partial charge in [0.05, 0.1) is 23.8 Å². The van der Waals surface area contributed by atoms with Crippen molar-refractivity contribution in [3.8, 4) is 11.5 Å². The van der Waals surface area contributed by atoms with E-state index >= 15 is 0 Å². The Morgan fingerprint density at radius 3 is 2.32 bits per heavy atom. The number of amides is 1. The van der Waals surface area contributed by atoms with Crippen molar-refractivity contribution >= 4 is 28.9 Å². The number of hydrogen-bond acceptors (Lipinski definition) is 5. The minimum absolute atomic E-state index is 0.270. The van der Waals surface area contributed by atoms with Gasteiger partial charge in [0.25, 0.3) is 5.91 Å². The van der Waals surface area contributed by atoms with Crippen LogP contribution in [0.4, 0.5) is 11.4 Å². The van der Waals surface area contributed by atoms with Crippen LogP contribution < -0.4 is 19.7 Å². The topological polar surface area (TPSA) is 54.0 Å². The Morgan fingerprint density at radius 2 is 1.64 bits per heavy atom. The summed E-state index contributed by atoms with van der Waals surface area (Å²) < 4.78 is 11.3. The molecule has 0 spiro atoms. The van der Waals surface area contributed by atoms with Gasteiger partial charge in [0.2, 0.25) is 0 Å². The van der Waals surface area contributed by atoms with Crippen LogP contribution in [-0.2, 0) is 0 Å². The molecule has 1 fully saturated rings. The molecule has 0 radical (unpaired) electrons. The molecular weight excluding hydrogens is 378 g/mol. The third-order valence-electron chi connectivity index (χ3n) is 5.08. The molecular formula is C21H24ClN3O3. The number of ether oxygens (including phenoxy) is 2. The molecule has 2 heterocycles. The molecule has 28 heavy (non-hydrogen) atoms. The lowest BCUT2D eigenvalue weighted by molar-refractivity contribution is 0.102. The first kappa shape index (κ1) is 18.9. The van der Waals surface area contributed by atoms with Crippen LogP contribution in [0.25, 0.3) is 0 Å². The number of carbonyl (C=O) groups is 1. The van der Waals surface area contributed by atoms with Gasteiger partial charge in [0.1, 0.15) is 0 Å². The third-order valence-corrected chi connectivity index (χ3v) is 5.39. The Labute approximate surface area is 170 Å². The number of rotatable bonds is 3. The fourth-order valence-corrected chi connectivity index (χ4v) is 3.62. The van der Waals surface area contributed by atoms with Crippen molar-refractivity contribution in [3.05, 3.63) is 47.0 Å². The molecule has 0 unspecified atom stereocenters. The van der Waals surface area contributed by atoms with E-state index in [-0.39, 0.29) is 5.91 Å². The maximum atomic E-state index is 12.7. The molecule has 148 valence electrons. The van der Waals surface area contributed by atoms with Gasteiger partial charge in [-0.15, -0.1) is 0 Å². The van der Waals surface area contributed by atoms with E-state index in [1.807, 2.05) is 24.3 Å². The zero-order valence-electron chi connectivity index (χ0n) is 15.9. The van der Waals surface area contributed by atoms with E-state index in [1.54, 1.807) is 12.1 Å². The highest BCUT2D eigenvalue weighted by Crippen LogP contribution is 2.35. The van der Waals surface area contributed by atoms with Crippen LogP contribution >= 0.6 is 11.6 Å². The predicted molar refractivity (Wildman–Crippen MR) is 111 cm³/mol. The average Bonchev–Trinajstić information content (AvgIpc) is 2.93. The molecule has 2 aliphatic rings. The molecule has 0 aliphatic carbocycles. The van der Waals surface area contributed by atoms with Crippen LogP contribution in [0, 0.1) is 0 Å². The molecule has 4 rings (SSSR count). The maximum Gasteiger partial charge on any atom is 0.257 e. The second kappa shape index (κ2) is 8.29. The molecule has 2 aromatic rings. The third kappa shape index (κ3) is 4.18. The maximum absolute atomic E-state index is 12.7. The van der Waals surface area contributed by atoms with Gasteiger partial charge in [-0.1, -0.05) is 11.6 Å².